The number of aliphatic hydroxyl groups is 2. The van der Waals surface area contributed by atoms with Crippen molar-refractivity contribution >= 4 is 5.97 Å². The first-order valence-electron chi connectivity index (χ1n) is 9.31. The Morgan fingerprint density at radius 3 is 2.56 bits per heavy atom. The zero-order chi connectivity index (χ0) is 19.0. The second-order valence-electron chi connectivity index (χ2n) is 9.01. The van der Waals surface area contributed by atoms with E-state index in [0.29, 0.717) is 0 Å². The average molecular weight is 358 g/mol. The number of aliphatic hydroxyl groups excluding tert-OH is 2. The first-order chi connectivity index (χ1) is 11.4. The van der Waals surface area contributed by atoms with Crippen LogP contribution in [0, 0.1) is 11.3 Å². The lowest BCUT2D eigenvalue weighted by molar-refractivity contribution is -0.273. The predicted octanol–water partition coefficient (Wildman–Crippen LogP) is 2.40. The van der Waals surface area contributed by atoms with Crippen LogP contribution < -0.4 is 0 Å². The molecule has 1 aliphatic carbocycles. The van der Waals surface area contributed by atoms with Crippen molar-refractivity contribution in [2.45, 2.75) is 104 Å². The van der Waals surface area contributed by atoms with Crippen molar-refractivity contribution < 1.29 is 29.2 Å². The van der Waals surface area contributed by atoms with Gasteiger partial charge >= 0.3 is 5.97 Å². The van der Waals surface area contributed by atoms with Gasteiger partial charge in [-0.25, -0.2) is 0 Å². The lowest BCUT2D eigenvalue weighted by atomic mass is 9.97. The van der Waals surface area contributed by atoms with E-state index in [4.69, 9.17) is 14.2 Å². The molecular weight excluding hydrogens is 324 g/mol. The van der Waals surface area contributed by atoms with Crippen LogP contribution in [-0.4, -0.2) is 52.5 Å². The molecule has 2 fully saturated rings. The van der Waals surface area contributed by atoms with Gasteiger partial charge in [0.25, 0.3) is 0 Å². The molecule has 0 unspecified atom stereocenters. The highest BCUT2D eigenvalue weighted by atomic mass is 16.7. The maximum atomic E-state index is 12.2. The summed E-state index contributed by atoms with van der Waals surface area (Å²) in [5.41, 5.74) is -0.484. The summed E-state index contributed by atoms with van der Waals surface area (Å²) in [5, 5.41) is 19.7. The summed E-state index contributed by atoms with van der Waals surface area (Å²) >= 11 is 0. The van der Waals surface area contributed by atoms with Crippen LogP contribution in [0.3, 0.4) is 0 Å². The molecule has 6 nitrogen and oxygen atoms in total. The number of carbonyl (C=O) groups excluding carboxylic acids is 1. The van der Waals surface area contributed by atoms with Gasteiger partial charge in [0.15, 0.2) is 6.29 Å². The lowest BCUT2D eigenvalue weighted by Gasteiger charge is -2.36. The van der Waals surface area contributed by atoms with Crippen LogP contribution in [0.15, 0.2) is 0 Å². The first-order valence-corrected chi connectivity index (χ1v) is 9.31. The molecule has 0 amide bonds. The smallest absolute Gasteiger partial charge is 0.310 e. The summed E-state index contributed by atoms with van der Waals surface area (Å²) in [4.78, 5) is 12.2. The van der Waals surface area contributed by atoms with Gasteiger partial charge in [-0.05, 0) is 59.3 Å². The number of rotatable bonds is 6. The Hall–Kier alpha value is -0.690. The Morgan fingerprint density at radius 1 is 1.32 bits per heavy atom. The van der Waals surface area contributed by atoms with E-state index in [2.05, 4.69) is 6.92 Å². The molecule has 1 aliphatic heterocycles. The normalized spacial score (nSPS) is 39.8. The van der Waals surface area contributed by atoms with Gasteiger partial charge in [-0.15, -0.1) is 0 Å². The van der Waals surface area contributed by atoms with Crippen molar-refractivity contribution in [1.29, 1.82) is 0 Å². The Labute approximate surface area is 150 Å². The van der Waals surface area contributed by atoms with E-state index < -0.39 is 24.1 Å². The largest absolute Gasteiger partial charge is 0.460 e. The average Bonchev–Trinajstić information content (AvgIpc) is 3.14. The van der Waals surface area contributed by atoms with Crippen molar-refractivity contribution in [2.24, 2.45) is 11.3 Å². The molecule has 2 N–H and O–H groups in total. The summed E-state index contributed by atoms with van der Waals surface area (Å²) in [6, 6.07) is 0. The standard InChI is InChI=1S/C19H34O6/c1-11(23-17-15(21)9-14(20)12(2)24-17)7-8-19(6)10-13(19)16(22)25-18(3,4)5/h11-15,17,20-21H,7-10H2,1-6H3/t11-,12+,13-,14-,15-,17-,19-/m1/s1. The molecule has 2 rings (SSSR count). The Kier molecular flexibility index (Phi) is 6.19. The van der Waals surface area contributed by atoms with Crippen molar-refractivity contribution in [3.63, 3.8) is 0 Å². The van der Waals surface area contributed by atoms with Crippen LogP contribution in [0.1, 0.15) is 67.2 Å². The minimum absolute atomic E-state index is 0.0323. The quantitative estimate of drug-likeness (QED) is 0.709. The Morgan fingerprint density at radius 2 is 1.96 bits per heavy atom. The van der Waals surface area contributed by atoms with Crippen LogP contribution in [-0.2, 0) is 19.0 Å². The van der Waals surface area contributed by atoms with E-state index in [1.54, 1.807) is 6.92 Å². The van der Waals surface area contributed by atoms with E-state index >= 15 is 0 Å². The van der Waals surface area contributed by atoms with Gasteiger partial charge in [0.05, 0.1) is 24.2 Å². The number of esters is 1. The molecule has 1 saturated carbocycles. The molecule has 25 heavy (non-hydrogen) atoms. The molecule has 0 spiro atoms. The van der Waals surface area contributed by atoms with Crippen molar-refractivity contribution in [2.75, 3.05) is 0 Å². The molecule has 6 heteroatoms. The van der Waals surface area contributed by atoms with E-state index in [1.807, 2.05) is 27.7 Å². The fraction of sp³-hybridized carbons (Fsp3) is 0.947. The van der Waals surface area contributed by atoms with Crippen LogP contribution in [0.2, 0.25) is 0 Å². The second kappa shape index (κ2) is 7.51. The molecule has 0 aromatic rings. The maximum Gasteiger partial charge on any atom is 0.310 e. The van der Waals surface area contributed by atoms with Gasteiger partial charge in [0.1, 0.15) is 11.7 Å². The van der Waals surface area contributed by atoms with Gasteiger partial charge < -0.3 is 24.4 Å². The molecule has 0 radical (unpaired) electrons. The topological polar surface area (TPSA) is 85.2 Å². The van der Waals surface area contributed by atoms with Gasteiger partial charge in [-0.2, -0.15) is 0 Å². The highest BCUT2D eigenvalue weighted by Gasteiger charge is 2.55. The summed E-state index contributed by atoms with van der Waals surface area (Å²) in [5.74, 6) is -0.150. The van der Waals surface area contributed by atoms with Gasteiger partial charge in [0, 0.05) is 6.42 Å². The number of hydrogen-bond donors (Lipinski definition) is 2. The van der Waals surface area contributed by atoms with E-state index in [9.17, 15) is 15.0 Å². The lowest BCUT2D eigenvalue weighted by Crippen LogP contribution is -2.48. The molecule has 7 atom stereocenters. The Bertz CT molecular complexity index is 473. The fourth-order valence-corrected chi connectivity index (χ4v) is 3.32. The third kappa shape index (κ3) is 5.64. The number of ether oxygens (including phenoxy) is 3. The SMILES string of the molecule is C[C@H](CC[C@]1(C)C[C@@H]1C(=O)OC(C)(C)C)O[C@@H]1O[C@@H](C)[C@H](O)C[C@H]1O. The second-order valence-corrected chi connectivity index (χ2v) is 9.01. The number of carbonyl (C=O) groups is 1. The molecule has 0 bridgehead atoms. The Balaban J connectivity index is 1.75. The van der Waals surface area contributed by atoms with Crippen LogP contribution in [0.25, 0.3) is 0 Å². The van der Waals surface area contributed by atoms with Crippen LogP contribution in [0.5, 0.6) is 0 Å². The summed E-state index contributed by atoms with van der Waals surface area (Å²) < 4.78 is 16.8. The summed E-state index contributed by atoms with van der Waals surface area (Å²) in [6.07, 6.45) is 0.110. The molecule has 2 aliphatic rings. The van der Waals surface area contributed by atoms with Gasteiger partial charge in [0.2, 0.25) is 0 Å². The highest BCUT2D eigenvalue weighted by molar-refractivity contribution is 5.77. The van der Waals surface area contributed by atoms with Crippen molar-refractivity contribution in [3.8, 4) is 0 Å². The minimum atomic E-state index is -0.820. The zero-order valence-electron chi connectivity index (χ0n) is 16.3. The van der Waals surface area contributed by atoms with E-state index in [1.165, 1.54) is 0 Å². The third-order valence-corrected chi connectivity index (χ3v) is 5.22. The van der Waals surface area contributed by atoms with Crippen LogP contribution >= 0.6 is 0 Å². The highest BCUT2D eigenvalue weighted by Crippen LogP contribution is 2.56. The molecule has 1 heterocycles. The van der Waals surface area contributed by atoms with Crippen molar-refractivity contribution in [3.05, 3.63) is 0 Å². The first kappa shape index (κ1) is 20.6. The fourth-order valence-electron chi connectivity index (χ4n) is 3.32. The molecule has 146 valence electrons. The molecule has 0 aromatic carbocycles. The molecule has 0 aromatic heterocycles. The maximum absolute atomic E-state index is 12.2. The van der Waals surface area contributed by atoms with Gasteiger partial charge in [-0.3, -0.25) is 4.79 Å². The summed E-state index contributed by atoms with van der Waals surface area (Å²) in [7, 11) is 0. The summed E-state index contributed by atoms with van der Waals surface area (Å²) in [6.45, 7) is 11.5. The monoisotopic (exact) mass is 358 g/mol. The predicted molar refractivity (Wildman–Crippen MR) is 92.8 cm³/mol. The number of hydrogen-bond acceptors (Lipinski definition) is 6. The van der Waals surface area contributed by atoms with Crippen LogP contribution in [0.4, 0.5) is 0 Å². The molecule has 1 saturated heterocycles. The van der Waals surface area contributed by atoms with E-state index in [-0.39, 0.29) is 35.9 Å². The van der Waals surface area contributed by atoms with E-state index in [0.717, 1.165) is 19.3 Å². The third-order valence-electron chi connectivity index (χ3n) is 5.22. The van der Waals surface area contributed by atoms with Gasteiger partial charge in [-0.1, -0.05) is 6.92 Å². The molecular formula is C19H34O6. The minimum Gasteiger partial charge on any atom is -0.460 e. The van der Waals surface area contributed by atoms with Crippen molar-refractivity contribution in [1.82, 2.24) is 0 Å². The zero-order valence-corrected chi connectivity index (χ0v) is 16.3.